The van der Waals surface area contributed by atoms with Gasteiger partial charge in [0.25, 0.3) is 11.6 Å². The van der Waals surface area contributed by atoms with Crippen LogP contribution in [0, 0.1) is 17.0 Å². The summed E-state index contributed by atoms with van der Waals surface area (Å²) in [5.41, 5.74) is 0.913. The van der Waals surface area contributed by atoms with Crippen LogP contribution in [0.25, 0.3) is 9.88 Å². The molecule has 2 heterocycles. The largest absolute Gasteiger partial charge is 0.321 e. The first-order chi connectivity index (χ1) is 11.0. The molecule has 0 spiro atoms. The lowest BCUT2D eigenvalue weighted by Gasteiger charge is -2.04. The number of hydrogen-bond acceptors (Lipinski definition) is 6. The van der Waals surface area contributed by atoms with Gasteiger partial charge in [0.1, 0.15) is 9.88 Å². The maximum atomic E-state index is 12.3. The molecule has 8 heteroatoms. The number of thiazole rings is 1. The molecule has 0 saturated heterocycles. The number of aromatic nitrogens is 1. The number of benzene rings is 1. The zero-order valence-corrected chi connectivity index (χ0v) is 13.6. The van der Waals surface area contributed by atoms with Crippen molar-refractivity contribution in [1.82, 2.24) is 4.98 Å². The van der Waals surface area contributed by atoms with Crippen LogP contribution in [0.2, 0.25) is 0 Å². The van der Waals surface area contributed by atoms with Crippen molar-refractivity contribution in [3.05, 3.63) is 62.5 Å². The second kappa shape index (κ2) is 6.27. The van der Waals surface area contributed by atoms with E-state index in [0.717, 1.165) is 9.88 Å². The van der Waals surface area contributed by atoms with E-state index in [1.807, 2.05) is 17.5 Å². The van der Waals surface area contributed by atoms with Crippen LogP contribution >= 0.6 is 22.7 Å². The fourth-order valence-electron chi connectivity index (χ4n) is 1.97. The molecule has 0 radical (unpaired) electrons. The highest BCUT2D eigenvalue weighted by molar-refractivity contribution is 7.22. The second-order valence-corrected chi connectivity index (χ2v) is 6.70. The third-order valence-corrected chi connectivity index (χ3v) is 5.16. The van der Waals surface area contributed by atoms with E-state index in [2.05, 4.69) is 10.3 Å². The van der Waals surface area contributed by atoms with Gasteiger partial charge in [0.05, 0.1) is 16.0 Å². The molecule has 1 amide bonds. The van der Waals surface area contributed by atoms with E-state index in [-0.39, 0.29) is 11.6 Å². The monoisotopic (exact) mass is 345 g/mol. The molecule has 1 aromatic carbocycles. The topological polar surface area (TPSA) is 85.1 Å². The summed E-state index contributed by atoms with van der Waals surface area (Å²) in [6.45, 7) is 1.65. The number of nitro groups is 1. The number of carbonyl (C=O) groups is 1. The Balaban J connectivity index is 1.80. The van der Waals surface area contributed by atoms with E-state index < -0.39 is 4.92 Å². The van der Waals surface area contributed by atoms with Gasteiger partial charge in [-0.05, 0) is 24.4 Å². The molecular weight excluding hydrogens is 334 g/mol. The number of thiophene rings is 1. The minimum absolute atomic E-state index is 0.0219. The smallest absolute Gasteiger partial charge is 0.274 e. The molecule has 0 aliphatic rings. The first kappa shape index (κ1) is 15.3. The van der Waals surface area contributed by atoms with Crippen molar-refractivity contribution in [3.8, 4) is 9.88 Å². The summed E-state index contributed by atoms with van der Waals surface area (Å²) >= 11 is 2.84. The summed E-state index contributed by atoms with van der Waals surface area (Å²) in [6.07, 6.45) is 1.51. The van der Waals surface area contributed by atoms with E-state index in [9.17, 15) is 14.9 Å². The number of carbonyl (C=O) groups excluding carboxylic acids is 1. The molecule has 3 rings (SSSR count). The van der Waals surface area contributed by atoms with Gasteiger partial charge in [0.2, 0.25) is 0 Å². The van der Waals surface area contributed by atoms with Crippen molar-refractivity contribution in [3.63, 3.8) is 0 Å². The van der Waals surface area contributed by atoms with Crippen molar-refractivity contribution < 1.29 is 9.72 Å². The van der Waals surface area contributed by atoms with Crippen molar-refractivity contribution in [2.24, 2.45) is 0 Å². The number of nitrogens with zero attached hydrogens (tertiary/aromatic N) is 2. The van der Waals surface area contributed by atoms with Gasteiger partial charge in [-0.1, -0.05) is 12.1 Å². The van der Waals surface area contributed by atoms with Crippen molar-refractivity contribution in [1.29, 1.82) is 0 Å². The van der Waals surface area contributed by atoms with Crippen LogP contribution in [-0.2, 0) is 0 Å². The number of hydrogen-bond donors (Lipinski definition) is 1. The fraction of sp³-hybridized carbons (Fsp3) is 0.0667. The summed E-state index contributed by atoms with van der Waals surface area (Å²) in [7, 11) is 0. The first-order valence-electron chi connectivity index (χ1n) is 6.60. The summed E-state index contributed by atoms with van der Waals surface area (Å²) < 4.78 is 0. The summed E-state index contributed by atoms with van der Waals surface area (Å²) in [5, 5.41) is 16.3. The number of nitrogens with one attached hydrogen (secondary N) is 1. The van der Waals surface area contributed by atoms with Crippen molar-refractivity contribution in [2.45, 2.75) is 6.92 Å². The molecule has 0 bridgehead atoms. The predicted octanol–water partition coefficient (Wildman–Crippen LogP) is 4.34. The third-order valence-electron chi connectivity index (χ3n) is 3.13. The van der Waals surface area contributed by atoms with Gasteiger partial charge in [-0.15, -0.1) is 22.7 Å². The van der Waals surface area contributed by atoms with Crippen molar-refractivity contribution in [2.75, 3.05) is 5.32 Å². The Morgan fingerprint density at radius 3 is 2.87 bits per heavy atom. The molecule has 3 aromatic rings. The lowest BCUT2D eigenvalue weighted by Crippen LogP contribution is -2.10. The Hall–Kier alpha value is -2.58. The van der Waals surface area contributed by atoms with Crippen LogP contribution in [0.3, 0.4) is 0 Å². The van der Waals surface area contributed by atoms with E-state index >= 15 is 0 Å². The molecule has 116 valence electrons. The lowest BCUT2D eigenvalue weighted by atomic mass is 10.2. The summed E-state index contributed by atoms with van der Waals surface area (Å²) in [6, 6.07) is 8.47. The normalized spacial score (nSPS) is 10.5. The van der Waals surface area contributed by atoms with Crippen LogP contribution in [-0.4, -0.2) is 15.8 Å². The molecule has 0 aliphatic heterocycles. The zero-order valence-electron chi connectivity index (χ0n) is 12.0. The molecule has 1 N–H and O–H groups in total. The van der Waals surface area contributed by atoms with Gasteiger partial charge in [-0.25, -0.2) is 4.98 Å². The highest BCUT2D eigenvalue weighted by atomic mass is 32.1. The van der Waals surface area contributed by atoms with Gasteiger partial charge in [-0.3, -0.25) is 14.9 Å². The second-order valence-electron chi connectivity index (χ2n) is 4.72. The van der Waals surface area contributed by atoms with E-state index in [0.29, 0.717) is 16.1 Å². The quantitative estimate of drug-likeness (QED) is 0.563. The number of amides is 1. The van der Waals surface area contributed by atoms with Crippen LogP contribution in [0.1, 0.15) is 15.2 Å². The van der Waals surface area contributed by atoms with Gasteiger partial charge >= 0.3 is 0 Å². The van der Waals surface area contributed by atoms with Gasteiger partial charge in [0, 0.05) is 17.3 Å². The lowest BCUT2D eigenvalue weighted by molar-refractivity contribution is -0.385. The number of rotatable bonds is 4. The maximum absolute atomic E-state index is 12.3. The molecule has 0 fully saturated rings. The van der Waals surface area contributed by atoms with E-state index in [1.165, 1.54) is 23.6 Å². The average molecular weight is 345 g/mol. The number of anilines is 1. The van der Waals surface area contributed by atoms with Crippen LogP contribution in [0.5, 0.6) is 0 Å². The average Bonchev–Trinajstić information content (AvgIpc) is 3.19. The molecule has 0 saturated carbocycles. The molecular formula is C15H11N3O3S2. The Bertz CT molecular complexity index is 872. The van der Waals surface area contributed by atoms with Gasteiger partial charge in [-0.2, -0.15) is 0 Å². The maximum Gasteiger partial charge on any atom is 0.274 e. The molecule has 6 nitrogen and oxygen atoms in total. The van der Waals surface area contributed by atoms with Crippen molar-refractivity contribution >= 4 is 40.0 Å². The van der Waals surface area contributed by atoms with Crippen LogP contribution in [0.15, 0.2) is 41.9 Å². The van der Waals surface area contributed by atoms with Gasteiger partial charge in [0.15, 0.2) is 0 Å². The Labute approximate surface area is 139 Å². The fourth-order valence-corrected chi connectivity index (χ4v) is 3.59. The van der Waals surface area contributed by atoms with E-state index in [1.54, 1.807) is 30.4 Å². The zero-order chi connectivity index (χ0) is 16.4. The van der Waals surface area contributed by atoms with Gasteiger partial charge < -0.3 is 5.32 Å². The van der Waals surface area contributed by atoms with Crippen LogP contribution in [0.4, 0.5) is 11.4 Å². The first-order valence-corrected chi connectivity index (χ1v) is 8.30. The highest BCUT2D eigenvalue weighted by Crippen LogP contribution is 2.29. The number of nitro benzene ring substituents is 1. The number of aryl methyl sites for hydroxylation is 1. The molecule has 23 heavy (non-hydrogen) atoms. The van der Waals surface area contributed by atoms with Crippen LogP contribution < -0.4 is 5.32 Å². The molecule has 0 unspecified atom stereocenters. The third kappa shape index (κ3) is 3.27. The molecule has 2 aromatic heterocycles. The molecule has 0 aliphatic carbocycles. The molecule has 0 atom stereocenters. The summed E-state index contributed by atoms with van der Waals surface area (Å²) in [5.74, 6) is -0.330. The standard InChI is InChI=1S/C15H11N3O3S2/c1-9-4-5-10(7-11(9)18(20)21)17-14(19)13-8-16-15(23-13)12-3-2-6-22-12/h2-8H,1H3,(H,17,19). The minimum Gasteiger partial charge on any atom is -0.321 e. The highest BCUT2D eigenvalue weighted by Gasteiger charge is 2.15. The predicted molar refractivity (Wildman–Crippen MR) is 91.2 cm³/mol. The Kier molecular flexibility index (Phi) is 4.18. The Morgan fingerprint density at radius 1 is 1.35 bits per heavy atom. The Morgan fingerprint density at radius 2 is 2.17 bits per heavy atom. The summed E-state index contributed by atoms with van der Waals surface area (Å²) in [4.78, 5) is 28.4. The minimum atomic E-state index is -0.466. The van der Waals surface area contributed by atoms with E-state index in [4.69, 9.17) is 0 Å². The SMILES string of the molecule is Cc1ccc(NC(=O)c2cnc(-c3cccs3)s2)cc1[N+](=O)[O-].